The second-order valence-corrected chi connectivity index (χ2v) is 6.83. The Labute approximate surface area is 92.8 Å². The van der Waals surface area contributed by atoms with Crippen LogP contribution in [-0.2, 0) is 0 Å². The summed E-state index contributed by atoms with van der Waals surface area (Å²) < 4.78 is 0. The van der Waals surface area contributed by atoms with Crippen LogP contribution < -0.4 is 5.73 Å². The number of hydrogen-bond acceptors (Lipinski definition) is 1. The Balaban J connectivity index is 1.75. The molecule has 5 aliphatic carbocycles. The van der Waals surface area contributed by atoms with Crippen LogP contribution in [0.2, 0.25) is 0 Å². The first-order valence-electron chi connectivity index (χ1n) is 7.06. The monoisotopic (exact) mass is 205 g/mol. The summed E-state index contributed by atoms with van der Waals surface area (Å²) in [7, 11) is 0. The molecule has 0 heterocycles. The van der Waals surface area contributed by atoms with Crippen molar-refractivity contribution >= 4 is 0 Å². The molecule has 0 aromatic heterocycles. The van der Waals surface area contributed by atoms with E-state index in [-0.39, 0.29) is 0 Å². The highest BCUT2D eigenvalue weighted by Crippen LogP contribution is 2.67. The zero-order chi connectivity index (χ0) is 10.0. The van der Waals surface area contributed by atoms with Crippen molar-refractivity contribution in [2.45, 2.75) is 57.4 Å². The van der Waals surface area contributed by atoms with E-state index in [1.54, 1.807) is 0 Å². The van der Waals surface area contributed by atoms with E-state index in [2.05, 4.69) is 0 Å². The molecule has 0 aromatic carbocycles. The van der Waals surface area contributed by atoms with Gasteiger partial charge in [0.2, 0.25) is 0 Å². The van der Waals surface area contributed by atoms with E-state index in [1.807, 2.05) is 0 Å². The number of hydrogen-bond donors (Lipinski definition) is 1. The Kier molecular flexibility index (Phi) is 1.68. The van der Waals surface area contributed by atoms with E-state index in [9.17, 15) is 0 Å². The fraction of sp³-hybridized carbons (Fsp3) is 1.00. The lowest BCUT2D eigenvalue weighted by Gasteiger charge is -2.57. The van der Waals surface area contributed by atoms with Crippen molar-refractivity contribution in [2.75, 3.05) is 0 Å². The predicted octanol–water partition coefficient (Wildman–Crippen LogP) is 2.94. The molecule has 0 saturated heterocycles. The van der Waals surface area contributed by atoms with Crippen LogP contribution in [0, 0.1) is 29.1 Å². The molecule has 84 valence electrons. The van der Waals surface area contributed by atoms with Crippen molar-refractivity contribution in [2.24, 2.45) is 34.8 Å². The Morgan fingerprint density at radius 1 is 0.867 bits per heavy atom. The third-order valence-corrected chi connectivity index (χ3v) is 6.61. The zero-order valence-electron chi connectivity index (χ0n) is 9.62. The van der Waals surface area contributed by atoms with Crippen LogP contribution in [-0.4, -0.2) is 6.04 Å². The molecule has 1 nitrogen and oxygen atoms in total. The van der Waals surface area contributed by atoms with Crippen molar-refractivity contribution in [3.8, 4) is 0 Å². The molecule has 0 aromatic rings. The van der Waals surface area contributed by atoms with Gasteiger partial charge in [-0.05, 0) is 67.6 Å². The Bertz CT molecular complexity index is 275. The van der Waals surface area contributed by atoms with E-state index >= 15 is 0 Å². The first-order chi connectivity index (χ1) is 7.30. The summed E-state index contributed by atoms with van der Waals surface area (Å²) in [5.74, 6) is 4.02. The van der Waals surface area contributed by atoms with Crippen LogP contribution in [0.3, 0.4) is 0 Å². The van der Waals surface area contributed by atoms with Gasteiger partial charge in [0.1, 0.15) is 0 Å². The Morgan fingerprint density at radius 2 is 1.60 bits per heavy atom. The molecule has 1 spiro atoms. The van der Waals surface area contributed by atoms with Gasteiger partial charge in [0.05, 0.1) is 0 Å². The number of fused-ring (bicyclic) bond motifs is 4. The maximum absolute atomic E-state index is 6.62. The summed E-state index contributed by atoms with van der Waals surface area (Å²) >= 11 is 0. The van der Waals surface area contributed by atoms with Crippen LogP contribution >= 0.6 is 0 Å². The molecule has 5 fully saturated rings. The molecule has 5 aliphatic rings. The van der Waals surface area contributed by atoms with Crippen molar-refractivity contribution < 1.29 is 0 Å². The van der Waals surface area contributed by atoms with Gasteiger partial charge in [-0.1, -0.05) is 12.8 Å². The van der Waals surface area contributed by atoms with Crippen LogP contribution in [0.5, 0.6) is 0 Å². The smallest absolute Gasteiger partial charge is 0.0129 e. The third-order valence-electron chi connectivity index (χ3n) is 6.61. The topological polar surface area (TPSA) is 26.0 Å². The van der Waals surface area contributed by atoms with E-state index in [0.717, 1.165) is 23.7 Å². The fourth-order valence-electron chi connectivity index (χ4n) is 6.02. The van der Waals surface area contributed by atoms with Crippen LogP contribution in [0.1, 0.15) is 51.4 Å². The molecule has 15 heavy (non-hydrogen) atoms. The Morgan fingerprint density at radius 3 is 2.13 bits per heavy atom. The van der Waals surface area contributed by atoms with Crippen molar-refractivity contribution in [1.29, 1.82) is 0 Å². The van der Waals surface area contributed by atoms with Gasteiger partial charge in [0.25, 0.3) is 0 Å². The van der Waals surface area contributed by atoms with Gasteiger partial charge in [-0.15, -0.1) is 0 Å². The molecule has 0 aliphatic heterocycles. The number of rotatable bonds is 0. The highest BCUT2D eigenvalue weighted by atomic mass is 14.8. The van der Waals surface area contributed by atoms with E-state index in [1.165, 1.54) is 51.4 Å². The Hall–Kier alpha value is -0.0400. The molecule has 5 rings (SSSR count). The number of nitrogens with two attached hydrogens (primary N) is 1. The molecule has 0 radical (unpaired) electrons. The SMILES string of the molecule is N[C@@H]1[C@@H]2CC[C@@H](C2)C12CC1CCC2CC1. The molecule has 5 saturated carbocycles. The van der Waals surface area contributed by atoms with Gasteiger partial charge in [0.15, 0.2) is 0 Å². The minimum Gasteiger partial charge on any atom is -0.327 e. The van der Waals surface area contributed by atoms with Gasteiger partial charge >= 0.3 is 0 Å². The lowest BCUT2D eigenvalue weighted by molar-refractivity contribution is -0.0550. The molecule has 1 unspecified atom stereocenters. The molecule has 0 amide bonds. The maximum Gasteiger partial charge on any atom is 0.0129 e. The average Bonchev–Trinajstić information content (AvgIpc) is 2.85. The van der Waals surface area contributed by atoms with Gasteiger partial charge < -0.3 is 5.73 Å². The van der Waals surface area contributed by atoms with Gasteiger partial charge in [-0.2, -0.15) is 0 Å². The fourth-order valence-corrected chi connectivity index (χ4v) is 6.02. The highest BCUT2D eigenvalue weighted by molar-refractivity contribution is 5.14. The van der Waals surface area contributed by atoms with E-state index in [0.29, 0.717) is 11.5 Å². The van der Waals surface area contributed by atoms with Crippen LogP contribution in [0.15, 0.2) is 0 Å². The van der Waals surface area contributed by atoms with Crippen molar-refractivity contribution in [1.82, 2.24) is 0 Å². The summed E-state index contributed by atoms with van der Waals surface area (Å²) in [4.78, 5) is 0. The summed E-state index contributed by atoms with van der Waals surface area (Å²) in [5.41, 5.74) is 7.26. The standard InChI is InChI=1S/C14H23N/c15-13-10-3-6-12(7-10)14(13)8-9-1-4-11(14)5-2-9/h9-13H,1-8,15H2/t9?,10-,11?,12+,13-,14?/m1/s1. The molecular weight excluding hydrogens is 182 g/mol. The molecule has 2 N–H and O–H groups in total. The lowest BCUT2D eigenvalue weighted by Crippen LogP contribution is -2.55. The van der Waals surface area contributed by atoms with Gasteiger partial charge in [0, 0.05) is 6.04 Å². The first kappa shape index (κ1) is 9.04. The van der Waals surface area contributed by atoms with Crippen molar-refractivity contribution in [3.05, 3.63) is 0 Å². The molecule has 4 atom stereocenters. The van der Waals surface area contributed by atoms with Crippen LogP contribution in [0.4, 0.5) is 0 Å². The quantitative estimate of drug-likeness (QED) is 0.646. The second kappa shape index (κ2) is 2.80. The van der Waals surface area contributed by atoms with Crippen LogP contribution in [0.25, 0.3) is 0 Å². The predicted molar refractivity (Wildman–Crippen MR) is 61.3 cm³/mol. The minimum atomic E-state index is 0.587. The van der Waals surface area contributed by atoms with E-state index in [4.69, 9.17) is 5.73 Å². The first-order valence-corrected chi connectivity index (χ1v) is 7.06. The largest absolute Gasteiger partial charge is 0.327 e. The highest BCUT2D eigenvalue weighted by Gasteiger charge is 2.62. The lowest BCUT2D eigenvalue weighted by atomic mass is 9.49. The van der Waals surface area contributed by atoms with E-state index < -0.39 is 0 Å². The van der Waals surface area contributed by atoms with Gasteiger partial charge in [-0.3, -0.25) is 0 Å². The summed E-state index contributed by atoms with van der Waals surface area (Å²) in [5, 5.41) is 0. The third kappa shape index (κ3) is 0.945. The zero-order valence-corrected chi connectivity index (χ0v) is 9.62. The second-order valence-electron chi connectivity index (χ2n) is 6.83. The van der Waals surface area contributed by atoms with Gasteiger partial charge in [-0.25, -0.2) is 0 Å². The van der Waals surface area contributed by atoms with Crippen molar-refractivity contribution in [3.63, 3.8) is 0 Å². The summed E-state index contributed by atoms with van der Waals surface area (Å²) in [6.07, 6.45) is 12.0. The summed E-state index contributed by atoms with van der Waals surface area (Å²) in [6.45, 7) is 0. The molecular formula is C14H23N. The maximum atomic E-state index is 6.62. The molecule has 4 bridgehead atoms. The normalized spacial score (nSPS) is 61.8. The average molecular weight is 205 g/mol. The minimum absolute atomic E-state index is 0.587. The molecule has 1 heteroatoms. The summed E-state index contributed by atoms with van der Waals surface area (Å²) in [6, 6.07) is 0.587.